The van der Waals surface area contributed by atoms with Crippen molar-refractivity contribution in [2.45, 2.75) is 0 Å². The van der Waals surface area contributed by atoms with Crippen LogP contribution in [0.15, 0.2) is 180 Å². The first kappa shape index (κ1) is 29.2. The van der Waals surface area contributed by atoms with Crippen LogP contribution in [0.3, 0.4) is 0 Å². The molecule has 3 nitrogen and oxygen atoms in total. The molecule has 0 radical (unpaired) electrons. The lowest BCUT2D eigenvalue weighted by Crippen LogP contribution is -2.77. The van der Waals surface area contributed by atoms with Gasteiger partial charge in [-0.2, -0.15) is 0 Å². The Hall–Kier alpha value is -7.08. The molecule has 9 aromatic carbocycles. The van der Waals surface area contributed by atoms with Gasteiger partial charge in [-0.25, -0.2) is 0 Å². The third kappa shape index (κ3) is 3.18. The van der Waals surface area contributed by atoms with Crippen molar-refractivity contribution < 1.29 is 4.42 Å². The molecule has 57 heavy (non-hydrogen) atoms. The maximum absolute atomic E-state index is 6.89. The van der Waals surface area contributed by atoms with Gasteiger partial charge in [0, 0.05) is 61.3 Å². The van der Waals surface area contributed by atoms with E-state index in [0.717, 1.165) is 11.2 Å². The summed E-state index contributed by atoms with van der Waals surface area (Å²) in [6.45, 7) is -0.0569. The van der Waals surface area contributed by atoms with Gasteiger partial charge in [0.15, 0.2) is 8.07 Å². The van der Waals surface area contributed by atoms with Gasteiger partial charge < -0.3 is 13.8 Å². The number of para-hydroxylation sites is 4. The fourth-order valence-corrected chi connectivity index (χ4v) is 17.5. The van der Waals surface area contributed by atoms with Gasteiger partial charge in [-0.1, -0.05) is 146 Å². The summed E-state index contributed by atoms with van der Waals surface area (Å²) in [6.07, 6.45) is 0. The van der Waals surface area contributed by atoms with E-state index in [1.165, 1.54) is 114 Å². The molecule has 2 aromatic heterocycles. The second kappa shape index (κ2) is 9.83. The summed E-state index contributed by atoms with van der Waals surface area (Å²) in [5.41, 5.74) is 16.3. The highest BCUT2D eigenvalue weighted by atomic mass is 28.3. The summed E-state index contributed by atoms with van der Waals surface area (Å²) in [4.78, 5) is 2.63. The molecule has 0 N–H and O–H groups in total. The van der Waals surface area contributed by atoms with Crippen molar-refractivity contribution in [1.29, 1.82) is 0 Å². The molecule has 0 aliphatic carbocycles. The molecule has 15 rings (SSSR count). The Labute approximate surface area is 328 Å². The average molecular weight is 737 g/mol. The molecule has 4 aliphatic heterocycles. The molecule has 0 fully saturated rings. The third-order valence-electron chi connectivity index (χ3n) is 13.9. The molecule has 5 heteroatoms. The molecule has 0 saturated carbocycles. The second-order valence-corrected chi connectivity index (χ2v) is 19.9. The number of benzene rings is 9. The minimum atomic E-state index is -2.78. The Kier molecular flexibility index (Phi) is 5.04. The van der Waals surface area contributed by atoms with E-state index in [1.807, 2.05) is 0 Å². The van der Waals surface area contributed by atoms with E-state index in [1.54, 1.807) is 0 Å². The van der Waals surface area contributed by atoms with Crippen molar-refractivity contribution in [3.63, 3.8) is 0 Å². The van der Waals surface area contributed by atoms with Gasteiger partial charge in [-0.15, -0.1) is 0 Å². The maximum Gasteiger partial charge on any atom is 0.333 e. The van der Waals surface area contributed by atoms with Crippen molar-refractivity contribution in [3.8, 4) is 22.3 Å². The smallest absolute Gasteiger partial charge is 0.333 e. The van der Waals surface area contributed by atoms with Crippen LogP contribution in [-0.4, -0.2) is 19.4 Å². The number of anilines is 3. The molecule has 6 heterocycles. The lowest BCUT2D eigenvalue weighted by molar-refractivity contribution is 0.669. The zero-order valence-corrected chi connectivity index (χ0v) is 31.6. The Bertz CT molecular complexity index is 3640. The summed E-state index contributed by atoms with van der Waals surface area (Å²) in [5.74, 6) is 0. The highest BCUT2D eigenvalue weighted by Crippen LogP contribution is 2.51. The zero-order valence-electron chi connectivity index (χ0n) is 30.6. The summed E-state index contributed by atoms with van der Waals surface area (Å²) >= 11 is 0. The SMILES string of the molecule is c1ccc2c(c1)-c1ccccc1[Si]21c2ccccc2N2c3cc4oc5ccccc5c4c4c3B(c3cccc1c32)n1c2cc3ccccc3cc2c2cccc-4c21. The Morgan fingerprint density at radius 2 is 1.12 bits per heavy atom. The Morgan fingerprint density at radius 3 is 1.96 bits per heavy atom. The largest absolute Gasteiger partial charge is 0.456 e. The Morgan fingerprint density at radius 1 is 0.474 bits per heavy atom. The molecule has 1 spiro atoms. The van der Waals surface area contributed by atoms with Gasteiger partial charge in [-0.05, 0) is 83.4 Å². The fraction of sp³-hybridized carbons (Fsp3) is 0. The van der Waals surface area contributed by atoms with Crippen LogP contribution in [-0.2, 0) is 0 Å². The third-order valence-corrected chi connectivity index (χ3v) is 18.8. The molecule has 0 atom stereocenters. The standard InChI is InChI=1S/C52H29BN2OSi/c1-2-14-31-28-40-37(27-30(31)13-1)34-18-11-19-36-49-48-35-17-3-7-22-42(35)56-43(48)29-41-50(49)53(55(40)51(34)36)38-20-12-26-47-52(38)54(41)39-21-6-10-25-46(39)57(47)44-23-8-4-15-32(44)33-16-5-9-24-45(33)57/h1-29H. The van der Waals surface area contributed by atoms with Crippen molar-refractivity contribution in [2.24, 2.45) is 0 Å². The van der Waals surface area contributed by atoms with Crippen LogP contribution < -0.4 is 36.6 Å². The van der Waals surface area contributed by atoms with E-state index in [0.29, 0.717) is 0 Å². The monoisotopic (exact) mass is 736 g/mol. The molecule has 260 valence electrons. The van der Waals surface area contributed by atoms with E-state index in [-0.39, 0.29) is 6.85 Å². The highest BCUT2D eigenvalue weighted by molar-refractivity contribution is 7.24. The van der Waals surface area contributed by atoms with Gasteiger partial charge in [0.1, 0.15) is 11.2 Å². The average Bonchev–Trinajstić information content (AvgIpc) is 3.90. The first-order valence-electron chi connectivity index (χ1n) is 20.0. The summed E-state index contributed by atoms with van der Waals surface area (Å²) in [5, 5.41) is 13.4. The number of fused-ring (bicyclic) bond motifs is 21. The van der Waals surface area contributed by atoms with E-state index >= 15 is 0 Å². The predicted octanol–water partition coefficient (Wildman–Crippen LogP) is 8.94. The Balaban J connectivity index is 1.18. The lowest BCUT2D eigenvalue weighted by Gasteiger charge is -2.48. The summed E-state index contributed by atoms with van der Waals surface area (Å²) in [7, 11) is -2.78. The van der Waals surface area contributed by atoms with Crippen molar-refractivity contribution >= 4 is 118 Å². The predicted molar refractivity (Wildman–Crippen MR) is 241 cm³/mol. The van der Waals surface area contributed by atoms with Gasteiger partial charge >= 0.3 is 6.85 Å². The second-order valence-electron chi connectivity index (χ2n) is 16.3. The van der Waals surface area contributed by atoms with E-state index in [2.05, 4.69) is 185 Å². The maximum atomic E-state index is 6.89. The van der Waals surface area contributed by atoms with Crippen LogP contribution >= 0.6 is 0 Å². The number of furan rings is 1. The van der Waals surface area contributed by atoms with E-state index in [9.17, 15) is 0 Å². The van der Waals surface area contributed by atoms with Crippen LogP contribution in [0.5, 0.6) is 0 Å². The topological polar surface area (TPSA) is 21.3 Å². The first-order chi connectivity index (χ1) is 28.3. The first-order valence-corrected chi connectivity index (χ1v) is 22.0. The highest BCUT2D eigenvalue weighted by Gasteiger charge is 2.57. The molecule has 0 amide bonds. The number of nitrogens with zero attached hydrogens (tertiary/aromatic N) is 2. The molecular formula is C52H29BN2OSi. The molecule has 0 unspecified atom stereocenters. The molecule has 0 bridgehead atoms. The lowest BCUT2D eigenvalue weighted by atomic mass is 9.45. The van der Waals surface area contributed by atoms with E-state index < -0.39 is 8.07 Å². The van der Waals surface area contributed by atoms with E-state index in [4.69, 9.17) is 4.42 Å². The molecule has 4 aliphatic rings. The van der Waals surface area contributed by atoms with Crippen molar-refractivity contribution in [1.82, 2.24) is 4.48 Å². The number of hydrogen-bond acceptors (Lipinski definition) is 2. The van der Waals surface area contributed by atoms with Crippen molar-refractivity contribution in [3.05, 3.63) is 176 Å². The van der Waals surface area contributed by atoms with Crippen LogP contribution in [0.2, 0.25) is 0 Å². The quantitative estimate of drug-likeness (QED) is 0.145. The van der Waals surface area contributed by atoms with Gasteiger partial charge in [-0.3, -0.25) is 0 Å². The zero-order chi connectivity index (χ0) is 36.7. The normalized spacial score (nSPS) is 14.7. The van der Waals surface area contributed by atoms with Gasteiger partial charge in [0.05, 0.1) is 0 Å². The molecule has 0 saturated heterocycles. The van der Waals surface area contributed by atoms with Crippen LogP contribution in [0.4, 0.5) is 17.1 Å². The van der Waals surface area contributed by atoms with Gasteiger partial charge in [0.2, 0.25) is 0 Å². The fourth-order valence-electron chi connectivity index (χ4n) is 12.0. The molecule has 11 aromatic rings. The minimum absolute atomic E-state index is 0.0569. The van der Waals surface area contributed by atoms with Crippen LogP contribution in [0.25, 0.3) is 76.8 Å². The number of rotatable bonds is 0. The van der Waals surface area contributed by atoms with Crippen LogP contribution in [0, 0.1) is 0 Å². The van der Waals surface area contributed by atoms with Gasteiger partial charge in [0.25, 0.3) is 0 Å². The summed E-state index contributed by atoms with van der Waals surface area (Å²) < 4.78 is 9.61. The number of aromatic nitrogens is 1. The minimum Gasteiger partial charge on any atom is -0.456 e. The molecular weight excluding hydrogens is 707 g/mol. The van der Waals surface area contributed by atoms with Crippen molar-refractivity contribution in [2.75, 3.05) is 4.90 Å². The van der Waals surface area contributed by atoms with Crippen LogP contribution in [0.1, 0.15) is 0 Å². The summed E-state index contributed by atoms with van der Waals surface area (Å²) in [6, 6.07) is 66.8. The number of hydrogen-bond donors (Lipinski definition) is 0.